The van der Waals surface area contributed by atoms with Crippen molar-refractivity contribution in [1.29, 1.82) is 0 Å². The Morgan fingerprint density at radius 1 is 1.12 bits per heavy atom. The lowest BCUT2D eigenvalue weighted by Crippen LogP contribution is -2.51. The van der Waals surface area contributed by atoms with Crippen molar-refractivity contribution in [3.8, 4) is 0 Å². The maximum atomic E-state index is 12.2. The molecule has 132 valence electrons. The summed E-state index contributed by atoms with van der Waals surface area (Å²) in [6.45, 7) is 3.77. The molecule has 1 fully saturated rings. The molecule has 2 N–H and O–H groups in total. The molecule has 1 saturated heterocycles. The molecule has 0 bridgehead atoms. The van der Waals surface area contributed by atoms with Gasteiger partial charge in [0.15, 0.2) is 0 Å². The zero-order chi connectivity index (χ0) is 17.4. The summed E-state index contributed by atoms with van der Waals surface area (Å²) in [6.07, 6.45) is 1.22. The van der Waals surface area contributed by atoms with Crippen LogP contribution in [0, 0.1) is 0 Å². The van der Waals surface area contributed by atoms with Crippen molar-refractivity contribution in [2.24, 2.45) is 0 Å². The van der Waals surface area contributed by atoms with Crippen LogP contribution in [0.4, 0.5) is 5.69 Å². The van der Waals surface area contributed by atoms with Crippen LogP contribution in [0.2, 0.25) is 5.02 Å². The fraction of sp³-hybridized carbons (Fsp3) is 0.529. The molecule has 1 heterocycles. The van der Waals surface area contributed by atoms with Crippen LogP contribution in [0.3, 0.4) is 0 Å². The number of benzene rings is 1. The Morgan fingerprint density at radius 2 is 1.79 bits per heavy atom. The normalized spacial score (nSPS) is 14.6. The second-order valence-electron chi connectivity index (χ2n) is 5.83. The van der Waals surface area contributed by atoms with E-state index in [1.165, 1.54) is 0 Å². The highest BCUT2D eigenvalue weighted by atomic mass is 35.5. The molecule has 24 heavy (non-hydrogen) atoms. The van der Waals surface area contributed by atoms with Gasteiger partial charge in [-0.3, -0.25) is 9.59 Å². The van der Waals surface area contributed by atoms with Crippen molar-refractivity contribution in [1.82, 2.24) is 15.5 Å². The third kappa shape index (κ3) is 5.69. The molecular formula is C17H25ClN4O2. The summed E-state index contributed by atoms with van der Waals surface area (Å²) in [5, 5.41) is 6.42. The lowest BCUT2D eigenvalue weighted by atomic mass is 10.2. The van der Waals surface area contributed by atoms with E-state index >= 15 is 0 Å². The van der Waals surface area contributed by atoms with E-state index in [0.29, 0.717) is 19.5 Å². The van der Waals surface area contributed by atoms with Crippen LogP contribution < -0.4 is 15.5 Å². The molecule has 1 aromatic carbocycles. The first-order chi connectivity index (χ1) is 11.6. The molecule has 1 aliphatic rings. The first-order valence-electron chi connectivity index (χ1n) is 8.29. The highest BCUT2D eigenvalue weighted by Gasteiger charge is 2.21. The van der Waals surface area contributed by atoms with Gasteiger partial charge in [-0.15, -0.1) is 0 Å². The molecule has 2 rings (SSSR count). The number of amides is 2. The Kier molecular flexibility index (Phi) is 7.34. The SMILES string of the molecule is CNCCCC(=O)NCC(=O)N1CCN(c2ccc(Cl)cc2)CC1. The number of carbonyl (C=O) groups excluding carboxylic acids is 2. The van der Waals surface area contributed by atoms with Crippen LogP contribution in [-0.4, -0.2) is 63.0 Å². The molecule has 0 aromatic heterocycles. The summed E-state index contributed by atoms with van der Waals surface area (Å²) in [6, 6.07) is 7.73. The van der Waals surface area contributed by atoms with E-state index in [-0.39, 0.29) is 18.4 Å². The Hall–Kier alpha value is -1.79. The average molecular weight is 353 g/mol. The van der Waals surface area contributed by atoms with Crippen molar-refractivity contribution in [2.45, 2.75) is 12.8 Å². The van der Waals surface area contributed by atoms with Crippen molar-refractivity contribution < 1.29 is 9.59 Å². The van der Waals surface area contributed by atoms with Gasteiger partial charge in [-0.25, -0.2) is 0 Å². The number of rotatable bonds is 7. The summed E-state index contributed by atoms with van der Waals surface area (Å²) in [7, 11) is 1.85. The molecular weight excluding hydrogens is 328 g/mol. The van der Waals surface area contributed by atoms with Crippen molar-refractivity contribution in [3.63, 3.8) is 0 Å². The standard InChI is InChI=1S/C17H25ClN4O2/c1-19-8-2-3-16(23)20-13-17(24)22-11-9-21(10-12-22)15-6-4-14(18)5-7-15/h4-7,19H,2-3,8-13H2,1H3,(H,20,23). The Labute approximate surface area is 148 Å². The summed E-state index contributed by atoms with van der Waals surface area (Å²) >= 11 is 5.91. The molecule has 2 amide bonds. The first-order valence-corrected chi connectivity index (χ1v) is 8.67. The van der Waals surface area contributed by atoms with Crippen molar-refractivity contribution in [3.05, 3.63) is 29.3 Å². The number of anilines is 1. The maximum absolute atomic E-state index is 12.2. The number of nitrogens with zero attached hydrogens (tertiary/aromatic N) is 2. The molecule has 6 nitrogen and oxygen atoms in total. The Balaban J connectivity index is 1.70. The third-order valence-electron chi connectivity index (χ3n) is 4.09. The lowest BCUT2D eigenvalue weighted by molar-refractivity contribution is -0.133. The zero-order valence-electron chi connectivity index (χ0n) is 14.1. The van der Waals surface area contributed by atoms with Gasteiger partial charge in [-0.05, 0) is 44.3 Å². The summed E-state index contributed by atoms with van der Waals surface area (Å²) in [5.74, 6) is -0.0916. The van der Waals surface area contributed by atoms with Gasteiger partial charge in [0.2, 0.25) is 11.8 Å². The molecule has 0 atom stereocenters. The van der Waals surface area contributed by atoms with Gasteiger partial charge >= 0.3 is 0 Å². The predicted octanol–water partition coefficient (Wildman–Crippen LogP) is 1.10. The third-order valence-corrected chi connectivity index (χ3v) is 4.34. The summed E-state index contributed by atoms with van der Waals surface area (Å²) < 4.78 is 0. The quantitative estimate of drug-likeness (QED) is 0.721. The number of hydrogen-bond donors (Lipinski definition) is 2. The molecule has 1 aromatic rings. The van der Waals surface area contributed by atoms with E-state index in [4.69, 9.17) is 11.6 Å². The van der Waals surface area contributed by atoms with Crippen LogP contribution in [0.15, 0.2) is 24.3 Å². The summed E-state index contributed by atoms with van der Waals surface area (Å²) in [5.41, 5.74) is 1.12. The molecule has 0 radical (unpaired) electrons. The van der Waals surface area contributed by atoms with Crippen molar-refractivity contribution >= 4 is 29.1 Å². The van der Waals surface area contributed by atoms with Gasteiger partial charge < -0.3 is 20.4 Å². The fourth-order valence-electron chi connectivity index (χ4n) is 2.67. The minimum atomic E-state index is -0.0709. The minimum Gasteiger partial charge on any atom is -0.368 e. The van der Waals surface area contributed by atoms with Gasteiger partial charge in [0, 0.05) is 43.3 Å². The zero-order valence-corrected chi connectivity index (χ0v) is 14.8. The number of halogens is 1. The van der Waals surface area contributed by atoms with Gasteiger partial charge in [0.05, 0.1) is 6.54 Å². The van der Waals surface area contributed by atoms with Crippen molar-refractivity contribution in [2.75, 3.05) is 51.2 Å². The average Bonchev–Trinajstić information content (AvgIpc) is 2.61. The largest absolute Gasteiger partial charge is 0.368 e. The fourth-order valence-corrected chi connectivity index (χ4v) is 2.79. The van der Waals surface area contributed by atoms with E-state index in [9.17, 15) is 9.59 Å². The molecule has 0 saturated carbocycles. The van der Waals surface area contributed by atoms with Gasteiger partial charge in [0.25, 0.3) is 0 Å². The first kappa shape index (κ1) is 18.5. The molecule has 0 aliphatic carbocycles. The lowest BCUT2D eigenvalue weighted by Gasteiger charge is -2.36. The molecule has 7 heteroatoms. The van der Waals surface area contributed by atoms with E-state index in [0.717, 1.165) is 36.8 Å². The van der Waals surface area contributed by atoms with Crippen LogP contribution >= 0.6 is 11.6 Å². The Morgan fingerprint density at radius 3 is 2.42 bits per heavy atom. The van der Waals surface area contributed by atoms with Crippen LogP contribution in [-0.2, 0) is 9.59 Å². The topological polar surface area (TPSA) is 64.7 Å². The van der Waals surface area contributed by atoms with Crippen LogP contribution in [0.1, 0.15) is 12.8 Å². The van der Waals surface area contributed by atoms with Gasteiger partial charge in [0.1, 0.15) is 0 Å². The second kappa shape index (κ2) is 9.49. The van der Waals surface area contributed by atoms with E-state index < -0.39 is 0 Å². The summed E-state index contributed by atoms with van der Waals surface area (Å²) in [4.78, 5) is 27.9. The van der Waals surface area contributed by atoms with E-state index in [1.807, 2.05) is 31.3 Å². The minimum absolute atomic E-state index is 0.0206. The second-order valence-corrected chi connectivity index (χ2v) is 6.26. The Bertz CT molecular complexity index is 542. The number of piperazine rings is 1. The van der Waals surface area contributed by atoms with E-state index in [2.05, 4.69) is 15.5 Å². The molecule has 1 aliphatic heterocycles. The van der Waals surface area contributed by atoms with Gasteiger partial charge in [-0.1, -0.05) is 11.6 Å². The predicted molar refractivity (Wildman–Crippen MR) is 96.4 cm³/mol. The monoisotopic (exact) mass is 352 g/mol. The van der Waals surface area contributed by atoms with Crippen LogP contribution in [0.5, 0.6) is 0 Å². The van der Waals surface area contributed by atoms with E-state index in [1.54, 1.807) is 4.90 Å². The van der Waals surface area contributed by atoms with Gasteiger partial charge in [-0.2, -0.15) is 0 Å². The highest BCUT2D eigenvalue weighted by molar-refractivity contribution is 6.30. The molecule has 0 unspecified atom stereocenters. The number of nitrogens with one attached hydrogen (secondary N) is 2. The smallest absolute Gasteiger partial charge is 0.242 e. The highest BCUT2D eigenvalue weighted by Crippen LogP contribution is 2.19. The number of hydrogen-bond acceptors (Lipinski definition) is 4. The maximum Gasteiger partial charge on any atom is 0.242 e. The number of carbonyl (C=O) groups is 2. The molecule has 0 spiro atoms. The van der Waals surface area contributed by atoms with Crippen LogP contribution in [0.25, 0.3) is 0 Å².